The first-order chi connectivity index (χ1) is 7.33. The SMILES string of the molecule is Clc1ccc(C2CC2)c(CNC2CC2)c1. The molecule has 2 saturated carbocycles. The maximum atomic E-state index is 6.05. The van der Waals surface area contributed by atoms with E-state index in [1.54, 1.807) is 0 Å². The lowest BCUT2D eigenvalue weighted by Crippen LogP contribution is -2.16. The van der Waals surface area contributed by atoms with E-state index in [2.05, 4.69) is 17.4 Å². The number of rotatable bonds is 4. The van der Waals surface area contributed by atoms with Gasteiger partial charge in [0, 0.05) is 17.6 Å². The van der Waals surface area contributed by atoms with Crippen molar-refractivity contribution in [1.82, 2.24) is 5.32 Å². The van der Waals surface area contributed by atoms with Crippen molar-refractivity contribution in [3.05, 3.63) is 34.3 Å². The lowest BCUT2D eigenvalue weighted by atomic mass is 10.0. The zero-order valence-electron chi connectivity index (χ0n) is 8.80. The van der Waals surface area contributed by atoms with Crippen LogP contribution >= 0.6 is 11.6 Å². The zero-order valence-corrected chi connectivity index (χ0v) is 9.56. The highest BCUT2D eigenvalue weighted by Gasteiger charge is 2.27. The molecule has 0 heterocycles. The average molecular weight is 222 g/mol. The summed E-state index contributed by atoms with van der Waals surface area (Å²) in [6.07, 6.45) is 5.41. The van der Waals surface area contributed by atoms with E-state index in [4.69, 9.17) is 11.6 Å². The summed E-state index contributed by atoms with van der Waals surface area (Å²) < 4.78 is 0. The minimum absolute atomic E-state index is 0.774. The molecule has 0 atom stereocenters. The van der Waals surface area contributed by atoms with Crippen LogP contribution in [-0.4, -0.2) is 6.04 Å². The molecule has 0 amide bonds. The van der Waals surface area contributed by atoms with Crippen LogP contribution in [0.2, 0.25) is 5.02 Å². The average Bonchev–Trinajstić information content (AvgIpc) is 3.08. The molecule has 0 bridgehead atoms. The molecule has 2 aliphatic rings. The molecule has 1 nitrogen and oxygen atoms in total. The van der Waals surface area contributed by atoms with Gasteiger partial charge in [0.25, 0.3) is 0 Å². The predicted molar refractivity (Wildman–Crippen MR) is 63.3 cm³/mol. The highest BCUT2D eigenvalue weighted by Crippen LogP contribution is 2.42. The van der Waals surface area contributed by atoms with Crippen LogP contribution in [-0.2, 0) is 6.54 Å². The smallest absolute Gasteiger partial charge is 0.0409 e. The summed E-state index contributed by atoms with van der Waals surface area (Å²) in [7, 11) is 0. The fourth-order valence-electron chi connectivity index (χ4n) is 2.06. The molecule has 2 aliphatic carbocycles. The van der Waals surface area contributed by atoms with Gasteiger partial charge in [-0.15, -0.1) is 0 Å². The van der Waals surface area contributed by atoms with Crippen LogP contribution in [0, 0.1) is 0 Å². The van der Waals surface area contributed by atoms with E-state index >= 15 is 0 Å². The van der Waals surface area contributed by atoms with E-state index in [1.807, 2.05) is 6.07 Å². The lowest BCUT2D eigenvalue weighted by molar-refractivity contribution is 0.682. The monoisotopic (exact) mass is 221 g/mol. The van der Waals surface area contributed by atoms with Crippen LogP contribution in [0.1, 0.15) is 42.7 Å². The third-order valence-corrected chi connectivity index (χ3v) is 3.52. The largest absolute Gasteiger partial charge is 0.310 e. The lowest BCUT2D eigenvalue weighted by Gasteiger charge is -2.10. The molecule has 0 unspecified atom stereocenters. The number of hydrogen-bond donors (Lipinski definition) is 1. The standard InChI is InChI=1S/C13H16ClN/c14-11-3-6-13(9-1-2-9)10(7-11)8-15-12-4-5-12/h3,6-7,9,12,15H,1-2,4-5,8H2. The number of nitrogens with one attached hydrogen (secondary N) is 1. The first-order valence-electron chi connectivity index (χ1n) is 5.84. The normalized spacial score (nSPS) is 20.6. The van der Waals surface area contributed by atoms with Gasteiger partial charge in [0.05, 0.1) is 0 Å². The Bertz CT molecular complexity index is 367. The Morgan fingerprint density at radius 1 is 1.20 bits per heavy atom. The third-order valence-electron chi connectivity index (χ3n) is 3.28. The van der Waals surface area contributed by atoms with Crippen LogP contribution in [0.25, 0.3) is 0 Å². The van der Waals surface area contributed by atoms with Gasteiger partial charge in [0.1, 0.15) is 0 Å². The molecule has 1 aromatic rings. The maximum absolute atomic E-state index is 6.05. The second-order valence-electron chi connectivity index (χ2n) is 4.77. The van der Waals surface area contributed by atoms with Crippen LogP contribution in [0.4, 0.5) is 0 Å². The van der Waals surface area contributed by atoms with Gasteiger partial charge in [-0.3, -0.25) is 0 Å². The van der Waals surface area contributed by atoms with Crippen molar-refractivity contribution >= 4 is 11.6 Å². The summed E-state index contributed by atoms with van der Waals surface area (Å²) in [6, 6.07) is 7.14. The topological polar surface area (TPSA) is 12.0 Å². The molecule has 15 heavy (non-hydrogen) atoms. The van der Waals surface area contributed by atoms with Crippen molar-refractivity contribution in [1.29, 1.82) is 0 Å². The molecule has 1 N–H and O–H groups in total. The third kappa shape index (κ3) is 2.35. The van der Waals surface area contributed by atoms with Crippen molar-refractivity contribution in [2.24, 2.45) is 0 Å². The van der Waals surface area contributed by atoms with Crippen molar-refractivity contribution in [2.75, 3.05) is 0 Å². The number of hydrogen-bond acceptors (Lipinski definition) is 1. The quantitative estimate of drug-likeness (QED) is 0.821. The van der Waals surface area contributed by atoms with E-state index in [0.29, 0.717) is 0 Å². The van der Waals surface area contributed by atoms with Gasteiger partial charge in [-0.05, 0) is 54.9 Å². The molecule has 0 saturated heterocycles. The summed E-state index contributed by atoms with van der Waals surface area (Å²) in [5.41, 5.74) is 2.93. The minimum Gasteiger partial charge on any atom is -0.310 e. The second-order valence-corrected chi connectivity index (χ2v) is 5.21. The number of benzene rings is 1. The molecule has 80 valence electrons. The van der Waals surface area contributed by atoms with Crippen molar-refractivity contribution < 1.29 is 0 Å². The molecular formula is C13H16ClN. The molecule has 0 aliphatic heterocycles. The van der Waals surface area contributed by atoms with Crippen molar-refractivity contribution in [2.45, 2.75) is 44.2 Å². The second kappa shape index (κ2) is 3.80. The molecule has 1 aromatic carbocycles. The summed E-state index contributed by atoms with van der Waals surface area (Å²) in [5.74, 6) is 0.818. The summed E-state index contributed by atoms with van der Waals surface area (Å²) in [5, 5.41) is 4.43. The molecule has 0 spiro atoms. The Hall–Kier alpha value is -0.530. The van der Waals surface area contributed by atoms with Gasteiger partial charge < -0.3 is 5.32 Å². The summed E-state index contributed by atoms with van der Waals surface area (Å²) in [6.45, 7) is 0.997. The molecular weight excluding hydrogens is 206 g/mol. The fraction of sp³-hybridized carbons (Fsp3) is 0.538. The molecule has 0 aromatic heterocycles. The first kappa shape index (κ1) is 9.68. The highest BCUT2D eigenvalue weighted by molar-refractivity contribution is 6.30. The summed E-state index contributed by atoms with van der Waals surface area (Å²) >= 11 is 6.05. The van der Waals surface area contributed by atoms with Gasteiger partial charge in [0.2, 0.25) is 0 Å². The van der Waals surface area contributed by atoms with Crippen LogP contribution in [0.3, 0.4) is 0 Å². The zero-order chi connectivity index (χ0) is 10.3. The Labute approximate surface area is 95.8 Å². The maximum Gasteiger partial charge on any atom is 0.0409 e. The Morgan fingerprint density at radius 3 is 2.67 bits per heavy atom. The van der Waals surface area contributed by atoms with E-state index in [0.717, 1.165) is 23.5 Å². The predicted octanol–water partition coefficient (Wildman–Crippen LogP) is 3.47. The van der Waals surface area contributed by atoms with Crippen molar-refractivity contribution in [3.8, 4) is 0 Å². The summed E-state index contributed by atoms with van der Waals surface area (Å²) in [4.78, 5) is 0. The van der Waals surface area contributed by atoms with E-state index in [1.165, 1.54) is 36.8 Å². The number of halogens is 1. The Balaban J connectivity index is 1.78. The van der Waals surface area contributed by atoms with Crippen molar-refractivity contribution in [3.63, 3.8) is 0 Å². The Kier molecular flexibility index (Phi) is 2.45. The fourth-order valence-corrected chi connectivity index (χ4v) is 2.26. The van der Waals surface area contributed by atoms with Gasteiger partial charge >= 0.3 is 0 Å². The van der Waals surface area contributed by atoms with Gasteiger partial charge in [-0.2, -0.15) is 0 Å². The molecule has 2 fully saturated rings. The van der Waals surface area contributed by atoms with Crippen LogP contribution in [0.15, 0.2) is 18.2 Å². The van der Waals surface area contributed by atoms with Crippen LogP contribution < -0.4 is 5.32 Å². The first-order valence-corrected chi connectivity index (χ1v) is 6.22. The van der Waals surface area contributed by atoms with E-state index < -0.39 is 0 Å². The van der Waals surface area contributed by atoms with E-state index in [9.17, 15) is 0 Å². The minimum atomic E-state index is 0.774. The molecule has 3 rings (SSSR count). The molecule has 2 heteroatoms. The van der Waals surface area contributed by atoms with Gasteiger partial charge in [-0.25, -0.2) is 0 Å². The Morgan fingerprint density at radius 2 is 2.00 bits per heavy atom. The molecule has 0 radical (unpaired) electrons. The van der Waals surface area contributed by atoms with E-state index in [-0.39, 0.29) is 0 Å². The van der Waals surface area contributed by atoms with Gasteiger partial charge in [-0.1, -0.05) is 17.7 Å². The highest BCUT2D eigenvalue weighted by atomic mass is 35.5. The van der Waals surface area contributed by atoms with Crippen LogP contribution in [0.5, 0.6) is 0 Å². The van der Waals surface area contributed by atoms with Gasteiger partial charge in [0.15, 0.2) is 0 Å².